The highest BCUT2D eigenvalue weighted by Crippen LogP contribution is 2.22. The number of rotatable bonds is 5. The third-order valence-electron chi connectivity index (χ3n) is 4.36. The molecule has 4 rings (SSSR count). The molecule has 1 N–H and O–H groups in total. The predicted molar refractivity (Wildman–Crippen MR) is 105 cm³/mol. The molecular weight excluding hydrogens is 380 g/mol. The van der Waals surface area contributed by atoms with Crippen molar-refractivity contribution in [2.24, 2.45) is 0 Å². The lowest BCUT2D eigenvalue weighted by molar-refractivity contribution is 0.101. The Labute approximate surface area is 167 Å². The number of amides is 1. The molecule has 0 saturated carbocycles. The Bertz CT molecular complexity index is 981. The van der Waals surface area contributed by atoms with Gasteiger partial charge in [0.25, 0.3) is 5.91 Å². The Morgan fingerprint density at radius 1 is 1.25 bits per heavy atom. The molecule has 1 saturated heterocycles. The standard InChI is InChI=1S/C20H19ClN4O3/c1-13-22-19(24-25(13)18-5-3-2-4-17(18)21)20(26)23-14-6-8-15(9-7-14)28-16-10-11-27-12-16/h2-9,16H,10-12H2,1H3,(H,23,26)/t16-/m0/s1. The molecule has 1 amide bonds. The lowest BCUT2D eigenvalue weighted by atomic mass is 10.2. The number of carbonyl (C=O) groups excluding carboxylic acids is 1. The van der Waals surface area contributed by atoms with Crippen molar-refractivity contribution >= 4 is 23.2 Å². The normalized spacial score (nSPS) is 16.1. The molecule has 0 unspecified atom stereocenters. The van der Waals surface area contributed by atoms with Crippen LogP contribution in [-0.2, 0) is 4.74 Å². The van der Waals surface area contributed by atoms with E-state index in [1.807, 2.05) is 30.3 Å². The van der Waals surface area contributed by atoms with Crippen LogP contribution in [0.3, 0.4) is 0 Å². The van der Waals surface area contributed by atoms with E-state index in [2.05, 4.69) is 15.4 Å². The average molecular weight is 399 g/mol. The average Bonchev–Trinajstić information content (AvgIpc) is 3.33. The first-order valence-corrected chi connectivity index (χ1v) is 9.32. The second-order valence-electron chi connectivity index (χ2n) is 6.43. The van der Waals surface area contributed by atoms with Gasteiger partial charge in [-0.15, -0.1) is 5.10 Å². The van der Waals surface area contributed by atoms with Gasteiger partial charge in [0.2, 0.25) is 5.82 Å². The Balaban J connectivity index is 1.45. The van der Waals surface area contributed by atoms with Gasteiger partial charge in [0, 0.05) is 12.1 Å². The summed E-state index contributed by atoms with van der Waals surface area (Å²) in [5, 5.41) is 7.62. The minimum absolute atomic E-state index is 0.0702. The molecule has 1 atom stereocenters. The third-order valence-corrected chi connectivity index (χ3v) is 4.68. The smallest absolute Gasteiger partial charge is 0.295 e. The van der Waals surface area contributed by atoms with Crippen molar-refractivity contribution in [1.82, 2.24) is 14.8 Å². The minimum atomic E-state index is -0.397. The summed E-state index contributed by atoms with van der Waals surface area (Å²) in [7, 11) is 0. The first-order chi connectivity index (χ1) is 13.6. The van der Waals surface area contributed by atoms with Crippen molar-refractivity contribution < 1.29 is 14.3 Å². The van der Waals surface area contributed by atoms with Crippen LogP contribution in [0.5, 0.6) is 5.75 Å². The highest BCUT2D eigenvalue weighted by molar-refractivity contribution is 6.32. The Hall–Kier alpha value is -2.90. The van der Waals surface area contributed by atoms with Gasteiger partial charge in [-0.05, 0) is 43.3 Å². The number of nitrogens with one attached hydrogen (secondary N) is 1. The molecule has 2 heterocycles. The van der Waals surface area contributed by atoms with E-state index in [1.54, 1.807) is 29.8 Å². The number of benzene rings is 2. The van der Waals surface area contributed by atoms with Gasteiger partial charge in [-0.2, -0.15) is 0 Å². The van der Waals surface area contributed by atoms with Crippen LogP contribution in [0.2, 0.25) is 5.02 Å². The molecular formula is C20H19ClN4O3. The number of nitrogens with zero attached hydrogens (tertiary/aromatic N) is 3. The first-order valence-electron chi connectivity index (χ1n) is 8.94. The Kier molecular flexibility index (Phi) is 5.27. The summed E-state index contributed by atoms with van der Waals surface area (Å²) in [5.74, 6) is 0.985. The van der Waals surface area contributed by atoms with Gasteiger partial charge in [0.1, 0.15) is 17.7 Å². The fraction of sp³-hybridized carbons (Fsp3) is 0.250. The fourth-order valence-electron chi connectivity index (χ4n) is 2.94. The molecule has 0 spiro atoms. The highest BCUT2D eigenvalue weighted by atomic mass is 35.5. The number of halogens is 1. The minimum Gasteiger partial charge on any atom is -0.488 e. The van der Waals surface area contributed by atoms with E-state index in [0.29, 0.717) is 28.8 Å². The molecule has 1 aromatic heterocycles. The summed E-state index contributed by atoms with van der Waals surface area (Å²) in [5.41, 5.74) is 1.30. The lowest BCUT2D eigenvalue weighted by Gasteiger charge is -2.12. The summed E-state index contributed by atoms with van der Waals surface area (Å²) >= 11 is 6.22. The van der Waals surface area contributed by atoms with Crippen LogP contribution < -0.4 is 10.1 Å². The number of carbonyl (C=O) groups is 1. The van der Waals surface area contributed by atoms with Crippen molar-refractivity contribution in [1.29, 1.82) is 0 Å². The van der Waals surface area contributed by atoms with E-state index in [-0.39, 0.29) is 11.9 Å². The molecule has 0 bridgehead atoms. The molecule has 7 nitrogen and oxygen atoms in total. The van der Waals surface area contributed by atoms with Gasteiger partial charge in [0.15, 0.2) is 0 Å². The largest absolute Gasteiger partial charge is 0.488 e. The maximum atomic E-state index is 12.5. The van der Waals surface area contributed by atoms with Crippen molar-refractivity contribution in [3.63, 3.8) is 0 Å². The van der Waals surface area contributed by atoms with Gasteiger partial charge in [-0.25, -0.2) is 9.67 Å². The summed E-state index contributed by atoms with van der Waals surface area (Å²) in [6, 6.07) is 14.5. The molecule has 1 aliphatic heterocycles. The molecule has 8 heteroatoms. The summed E-state index contributed by atoms with van der Waals surface area (Å²) in [6.07, 6.45) is 0.971. The molecule has 0 radical (unpaired) electrons. The van der Waals surface area contributed by atoms with Gasteiger partial charge in [0.05, 0.1) is 23.9 Å². The molecule has 1 aliphatic rings. The number of aryl methyl sites for hydroxylation is 1. The number of hydrogen-bond donors (Lipinski definition) is 1. The van der Waals surface area contributed by atoms with Gasteiger partial charge < -0.3 is 14.8 Å². The summed E-state index contributed by atoms with van der Waals surface area (Å²) in [6.45, 7) is 3.11. The van der Waals surface area contributed by atoms with E-state index in [9.17, 15) is 4.79 Å². The number of hydrogen-bond acceptors (Lipinski definition) is 5. The fourth-order valence-corrected chi connectivity index (χ4v) is 3.16. The predicted octanol–water partition coefficient (Wildman–Crippen LogP) is 3.65. The van der Waals surface area contributed by atoms with Gasteiger partial charge in [-0.1, -0.05) is 23.7 Å². The van der Waals surface area contributed by atoms with E-state index < -0.39 is 5.91 Å². The molecule has 0 aliphatic carbocycles. The van der Waals surface area contributed by atoms with Crippen molar-refractivity contribution in [2.75, 3.05) is 18.5 Å². The second-order valence-corrected chi connectivity index (χ2v) is 6.83. The van der Waals surface area contributed by atoms with Crippen molar-refractivity contribution in [3.05, 3.63) is 65.2 Å². The highest BCUT2D eigenvalue weighted by Gasteiger charge is 2.18. The third kappa shape index (κ3) is 4.00. The van der Waals surface area contributed by atoms with Crippen molar-refractivity contribution in [3.8, 4) is 11.4 Å². The van der Waals surface area contributed by atoms with Gasteiger partial charge >= 0.3 is 0 Å². The van der Waals surface area contributed by atoms with Crippen LogP contribution in [-0.4, -0.2) is 40.0 Å². The molecule has 3 aromatic rings. The van der Waals surface area contributed by atoms with E-state index >= 15 is 0 Å². The van der Waals surface area contributed by atoms with Gasteiger partial charge in [-0.3, -0.25) is 4.79 Å². The lowest BCUT2D eigenvalue weighted by Crippen LogP contribution is -2.16. The maximum absolute atomic E-state index is 12.5. The molecule has 28 heavy (non-hydrogen) atoms. The van der Waals surface area contributed by atoms with Crippen LogP contribution >= 0.6 is 11.6 Å². The van der Waals surface area contributed by atoms with Crippen LogP contribution in [0.25, 0.3) is 5.69 Å². The zero-order chi connectivity index (χ0) is 19.5. The molecule has 144 valence electrons. The number of para-hydroxylation sites is 1. The quantitative estimate of drug-likeness (QED) is 0.709. The number of aromatic nitrogens is 3. The van der Waals surface area contributed by atoms with E-state index in [4.69, 9.17) is 21.1 Å². The maximum Gasteiger partial charge on any atom is 0.295 e. The van der Waals surface area contributed by atoms with Crippen LogP contribution in [0.1, 0.15) is 22.9 Å². The Morgan fingerprint density at radius 3 is 2.75 bits per heavy atom. The zero-order valence-corrected chi connectivity index (χ0v) is 16.0. The SMILES string of the molecule is Cc1nc(C(=O)Nc2ccc(O[C@H]3CCOC3)cc2)nn1-c1ccccc1Cl. The van der Waals surface area contributed by atoms with Crippen LogP contribution in [0.15, 0.2) is 48.5 Å². The number of ether oxygens (including phenoxy) is 2. The monoisotopic (exact) mass is 398 g/mol. The van der Waals surface area contributed by atoms with E-state index in [0.717, 1.165) is 18.8 Å². The van der Waals surface area contributed by atoms with Crippen molar-refractivity contribution in [2.45, 2.75) is 19.4 Å². The molecule has 1 fully saturated rings. The second kappa shape index (κ2) is 8.00. The summed E-state index contributed by atoms with van der Waals surface area (Å²) in [4.78, 5) is 16.8. The van der Waals surface area contributed by atoms with Crippen LogP contribution in [0, 0.1) is 6.92 Å². The zero-order valence-electron chi connectivity index (χ0n) is 15.3. The Morgan fingerprint density at radius 2 is 2.04 bits per heavy atom. The van der Waals surface area contributed by atoms with Crippen LogP contribution in [0.4, 0.5) is 5.69 Å². The summed E-state index contributed by atoms with van der Waals surface area (Å²) < 4.78 is 12.7. The topological polar surface area (TPSA) is 78.3 Å². The first kappa shape index (κ1) is 18.5. The number of anilines is 1. The molecule has 2 aromatic carbocycles. The van der Waals surface area contributed by atoms with E-state index in [1.165, 1.54) is 0 Å².